The number of hydrogen-bond acceptors (Lipinski definition) is 1. The molecule has 1 aliphatic rings. The third kappa shape index (κ3) is 3.38. The second-order valence-corrected chi connectivity index (χ2v) is 9.15. The van der Waals surface area contributed by atoms with E-state index < -0.39 is 0 Å². The second kappa shape index (κ2) is 6.05. The van der Waals surface area contributed by atoms with E-state index in [1.54, 1.807) is 7.11 Å². The molecule has 0 radical (unpaired) electrons. The standard InChI is InChI=1S/C24H30O/c1-23(2,3)20-14-19(15-21(22(20)25-7)24(4,5)6)18-12-16-10-8-9-11-17(16)13-18/h8-12,14-15H,13H2,1-7H3. The van der Waals surface area contributed by atoms with Crippen molar-refractivity contribution in [3.8, 4) is 5.75 Å². The Balaban J connectivity index is 2.19. The fourth-order valence-electron chi connectivity index (χ4n) is 3.61. The highest BCUT2D eigenvalue weighted by Crippen LogP contribution is 2.43. The molecule has 0 bridgehead atoms. The van der Waals surface area contributed by atoms with Crippen molar-refractivity contribution < 1.29 is 4.74 Å². The molecule has 2 aromatic carbocycles. The zero-order valence-corrected chi connectivity index (χ0v) is 16.7. The van der Waals surface area contributed by atoms with Crippen LogP contribution in [-0.2, 0) is 17.3 Å². The molecule has 0 amide bonds. The number of benzene rings is 2. The van der Waals surface area contributed by atoms with Gasteiger partial charge in [-0.1, -0.05) is 71.9 Å². The van der Waals surface area contributed by atoms with Gasteiger partial charge < -0.3 is 4.74 Å². The fourth-order valence-corrected chi connectivity index (χ4v) is 3.61. The molecule has 0 unspecified atom stereocenters. The van der Waals surface area contributed by atoms with Crippen LogP contribution < -0.4 is 4.74 Å². The van der Waals surface area contributed by atoms with E-state index in [1.807, 2.05) is 0 Å². The zero-order valence-electron chi connectivity index (χ0n) is 16.7. The van der Waals surface area contributed by atoms with Crippen molar-refractivity contribution in [1.82, 2.24) is 0 Å². The molecule has 0 aromatic heterocycles. The highest BCUT2D eigenvalue weighted by molar-refractivity contribution is 5.89. The zero-order chi connectivity index (χ0) is 18.4. The van der Waals surface area contributed by atoms with Crippen LogP contribution in [0.3, 0.4) is 0 Å². The average Bonchev–Trinajstić information content (AvgIpc) is 2.95. The van der Waals surface area contributed by atoms with Crippen LogP contribution in [-0.4, -0.2) is 7.11 Å². The highest BCUT2D eigenvalue weighted by Gasteiger charge is 2.28. The summed E-state index contributed by atoms with van der Waals surface area (Å²) in [5.74, 6) is 1.04. The molecule has 3 rings (SSSR count). The van der Waals surface area contributed by atoms with Crippen molar-refractivity contribution in [2.24, 2.45) is 0 Å². The smallest absolute Gasteiger partial charge is 0.126 e. The summed E-state index contributed by atoms with van der Waals surface area (Å²) in [7, 11) is 1.80. The number of hydrogen-bond donors (Lipinski definition) is 0. The van der Waals surface area contributed by atoms with E-state index in [4.69, 9.17) is 4.74 Å². The maximum Gasteiger partial charge on any atom is 0.126 e. The van der Waals surface area contributed by atoms with E-state index in [0.717, 1.165) is 12.2 Å². The molecular formula is C24H30O. The summed E-state index contributed by atoms with van der Waals surface area (Å²) in [6, 6.07) is 13.4. The normalized spacial score (nSPS) is 14.3. The monoisotopic (exact) mass is 334 g/mol. The lowest BCUT2D eigenvalue weighted by Gasteiger charge is -2.30. The van der Waals surface area contributed by atoms with Gasteiger partial charge in [0.05, 0.1) is 7.11 Å². The van der Waals surface area contributed by atoms with Crippen LogP contribution in [0.15, 0.2) is 36.4 Å². The van der Waals surface area contributed by atoms with E-state index >= 15 is 0 Å². The van der Waals surface area contributed by atoms with Crippen LogP contribution in [0.4, 0.5) is 0 Å². The van der Waals surface area contributed by atoms with Crippen molar-refractivity contribution in [3.05, 3.63) is 64.2 Å². The van der Waals surface area contributed by atoms with Gasteiger partial charge in [-0.3, -0.25) is 0 Å². The summed E-state index contributed by atoms with van der Waals surface area (Å²) in [6.07, 6.45) is 3.35. The van der Waals surface area contributed by atoms with Gasteiger partial charge in [-0.25, -0.2) is 0 Å². The Bertz CT molecular complexity index is 791. The molecule has 0 aliphatic heterocycles. The molecule has 25 heavy (non-hydrogen) atoms. The summed E-state index contributed by atoms with van der Waals surface area (Å²) in [5, 5.41) is 0. The second-order valence-electron chi connectivity index (χ2n) is 9.15. The average molecular weight is 335 g/mol. The van der Waals surface area contributed by atoms with E-state index in [0.29, 0.717) is 0 Å². The van der Waals surface area contributed by atoms with Crippen LogP contribution in [0.2, 0.25) is 0 Å². The largest absolute Gasteiger partial charge is 0.496 e. The van der Waals surface area contributed by atoms with Crippen LogP contribution in [0, 0.1) is 0 Å². The van der Waals surface area contributed by atoms with Crippen LogP contribution in [0.25, 0.3) is 11.6 Å². The molecule has 2 aromatic rings. The predicted molar refractivity (Wildman–Crippen MR) is 108 cm³/mol. The Morgan fingerprint density at radius 3 is 1.88 bits per heavy atom. The van der Waals surface area contributed by atoms with Crippen molar-refractivity contribution in [1.29, 1.82) is 0 Å². The quantitative estimate of drug-likeness (QED) is 0.618. The summed E-state index contributed by atoms with van der Waals surface area (Å²) < 4.78 is 5.89. The molecule has 0 N–H and O–H groups in total. The van der Waals surface area contributed by atoms with Gasteiger partial charge in [-0.05, 0) is 51.6 Å². The SMILES string of the molecule is COc1c(C(C)(C)C)cc(C2=Cc3ccccc3C2)cc1C(C)(C)C. The number of methoxy groups -OCH3 is 1. The van der Waals surface area contributed by atoms with Crippen LogP contribution in [0.1, 0.15) is 69.4 Å². The maximum absolute atomic E-state index is 5.89. The first-order valence-corrected chi connectivity index (χ1v) is 9.13. The number of rotatable bonds is 2. The lowest BCUT2D eigenvalue weighted by Crippen LogP contribution is -2.19. The summed E-state index contributed by atoms with van der Waals surface area (Å²) in [5.41, 5.74) is 8.14. The van der Waals surface area contributed by atoms with E-state index in [-0.39, 0.29) is 10.8 Å². The Morgan fingerprint density at radius 1 is 0.840 bits per heavy atom. The summed E-state index contributed by atoms with van der Waals surface area (Å²) in [6.45, 7) is 13.6. The minimum Gasteiger partial charge on any atom is -0.496 e. The van der Waals surface area contributed by atoms with Crippen molar-refractivity contribution in [2.45, 2.75) is 58.8 Å². The maximum atomic E-state index is 5.89. The molecule has 0 spiro atoms. The first-order valence-electron chi connectivity index (χ1n) is 9.13. The van der Waals surface area contributed by atoms with Gasteiger partial charge in [0.1, 0.15) is 5.75 Å². The van der Waals surface area contributed by atoms with E-state index in [9.17, 15) is 0 Å². The molecule has 1 nitrogen and oxygen atoms in total. The number of allylic oxidation sites excluding steroid dienone is 1. The highest BCUT2D eigenvalue weighted by atomic mass is 16.5. The Morgan fingerprint density at radius 2 is 1.40 bits per heavy atom. The van der Waals surface area contributed by atoms with Crippen molar-refractivity contribution >= 4 is 11.6 Å². The molecular weight excluding hydrogens is 304 g/mol. The molecule has 132 valence electrons. The topological polar surface area (TPSA) is 9.23 Å². The first-order chi connectivity index (χ1) is 11.6. The summed E-state index contributed by atoms with van der Waals surface area (Å²) >= 11 is 0. The molecule has 0 fully saturated rings. The predicted octanol–water partition coefficient (Wildman–Crippen LogP) is 6.39. The molecule has 0 heterocycles. The lowest BCUT2D eigenvalue weighted by atomic mass is 9.77. The van der Waals surface area contributed by atoms with Crippen LogP contribution in [0.5, 0.6) is 5.75 Å². The fraction of sp³-hybridized carbons (Fsp3) is 0.417. The lowest BCUT2D eigenvalue weighted by molar-refractivity contribution is 0.381. The molecule has 0 saturated carbocycles. The van der Waals surface area contributed by atoms with E-state index in [1.165, 1.54) is 33.4 Å². The van der Waals surface area contributed by atoms with Crippen molar-refractivity contribution in [3.63, 3.8) is 0 Å². The molecule has 0 atom stereocenters. The number of fused-ring (bicyclic) bond motifs is 1. The van der Waals surface area contributed by atoms with Gasteiger partial charge in [0.25, 0.3) is 0 Å². The third-order valence-corrected chi connectivity index (χ3v) is 5.05. The molecule has 0 saturated heterocycles. The first kappa shape index (κ1) is 17.8. The van der Waals surface area contributed by atoms with E-state index in [2.05, 4.69) is 84.0 Å². The molecule has 1 aliphatic carbocycles. The van der Waals surface area contributed by atoms with Crippen molar-refractivity contribution in [2.75, 3.05) is 7.11 Å². The van der Waals surface area contributed by atoms with Gasteiger partial charge in [0.15, 0.2) is 0 Å². The molecule has 1 heteroatoms. The van der Waals surface area contributed by atoms with Gasteiger partial charge in [0.2, 0.25) is 0 Å². The summed E-state index contributed by atoms with van der Waals surface area (Å²) in [4.78, 5) is 0. The van der Waals surface area contributed by atoms with Gasteiger partial charge in [0, 0.05) is 11.1 Å². The third-order valence-electron chi connectivity index (χ3n) is 5.05. The Hall–Kier alpha value is -2.02. The Kier molecular flexibility index (Phi) is 4.31. The van der Waals surface area contributed by atoms with Crippen LogP contribution >= 0.6 is 0 Å². The van der Waals surface area contributed by atoms with Gasteiger partial charge >= 0.3 is 0 Å². The van der Waals surface area contributed by atoms with Gasteiger partial charge in [-0.2, -0.15) is 0 Å². The number of ether oxygens (including phenoxy) is 1. The minimum absolute atomic E-state index is 0.0351. The van der Waals surface area contributed by atoms with Gasteiger partial charge in [-0.15, -0.1) is 0 Å². The Labute approximate surface area is 152 Å². The minimum atomic E-state index is 0.0351.